The molecule has 0 aromatic heterocycles. The van der Waals surface area contributed by atoms with Crippen molar-refractivity contribution < 1.29 is 14.0 Å². The number of carbonyl (C=O) groups is 2. The van der Waals surface area contributed by atoms with Gasteiger partial charge >= 0.3 is 0 Å². The topological polar surface area (TPSA) is 52.7 Å². The Bertz CT molecular complexity index is 921. The van der Waals surface area contributed by atoms with E-state index in [-0.39, 0.29) is 23.5 Å². The van der Waals surface area contributed by atoms with Crippen LogP contribution in [0.15, 0.2) is 48.5 Å². The van der Waals surface area contributed by atoms with Crippen LogP contribution in [0.2, 0.25) is 5.02 Å². The lowest BCUT2D eigenvalue weighted by atomic mass is 9.92. The van der Waals surface area contributed by atoms with Crippen molar-refractivity contribution in [3.8, 4) is 0 Å². The largest absolute Gasteiger partial charge is 0.338 e. The molecule has 2 heterocycles. The first kappa shape index (κ1) is 21.8. The quantitative estimate of drug-likeness (QED) is 0.760. The van der Waals surface area contributed by atoms with Crippen LogP contribution in [0.25, 0.3) is 0 Å². The predicted octanol–water partition coefficient (Wildman–Crippen LogP) is 4.43. The van der Waals surface area contributed by atoms with E-state index in [0.29, 0.717) is 22.3 Å². The number of rotatable bonds is 4. The maximum absolute atomic E-state index is 13.0. The Kier molecular flexibility index (Phi) is 6.88. The first-order chi connectivity index (χ1) is 15.0. The van der Waals surface area contributed by atoms with Crippen molar-refractivity contribution in [1.82, 2.24) is 9.80 Å². The Morgan fingerprint density at radius 3 is 2.19 bits per heavy atom. The Balaban J connectivity index is 1.24. The van der Waals surface area contributed by atoms with E-state index in [4.69, 9.17) is 11.6 Å². The monoisotopic (exact) mass is 443 g/mol. The van der Waals surface area contributed by atoms with Gasteiger partial charge in [-0.2, -0.15) is 0 Å². The minimum atomic E-state index is -0.314. The molecule has 2 aromatic carbocycles. The fourth-order valence-electron chi connectivity index (χ4n) is 4.54. The minimum Gasteiger partial charge on any atom is -0.338 e. The molecule has 2 aliphatic rings. The summed E-state index contributed by atoms with van der Waals surface area (Å²) in [7, 11) is 0. The molecule has 2 fully saturated rings. The number of nitrogens with one attached hydrogen (secondary N) is 1. The molecule has 0 bridgehead atoms. The van der Waals surface area contributed by atoms with E-state index in [2.05, 4.69) is 10.2 Å². The molecule has 0 radical (unpaired) electrons. The highest BCUT2D eigenvalue weighted by Crippen LogP contribution is 2.26. The van der Waals surface area contributed by atoms with E-state index in [1.165, 1.54) is 12.1 Å². The number of carbonyl (C=O) groups excluding carboxylic acids is 2. The highest BCUT2D eigenvalue weighted by molar-refractivity contribution is 6.33. The van der Waals surface area contributed by atoms with Gasteiger partial charge in [0, 0.05) is 30.7 Å². The van der Waals surface area contributed by atoms with E-state index in [1.807, 2.05) is 17.0 Å². The first-order valence-corrected chi connectivity index (χ1v) is 11.2. The molecular weight excluding hydrogens is 417 g/mol. The van der Waals surface area contributed by atoms with Gasteiger partial charge in [-0.15, -0.1) is 0 Å². The lowest BCUT2D eigenvalue weighted by Crippen LogP contribution is -2.49. The van der Waals surface area contributed by atoms with Gasteiger partial charge in [-0.05, 0) is 75.2 Å². The van der Waals surface area contributed by atoms with Gasteiger partial charge in [-0.25, -0.2) is 4.39 Å². The zero-order valence-corrected chi connectivity index (χ0v) is 18.2. The molecule has 4 rings (SSSR count). The molecule has 0 saturated carbocycles. The summed E-state index contributed by atoms with van der Waals surface area (Å²) in [6, 6.07) is 13.5. The molecule has 0 spiro atoms. The molecule has 0 aliphatic carbocycles. The maximum atomic E-state index is 13.0. The van der Waals surface area contributed by atoms with Gasteiger partial charge < -0.3 is 15.1 Å². The van der Waals surface area contributed by atoms with Gasteiger partial charge in [0.2, 0.25) is 5.91 Å². The summed E-state index contributed by atoms with van der Waals surface area (Å²) in [6.07, 6.45) is 3.49. The molecule has 0 atom stereocenters. The summed E-state index contributed by atoms with van der Waals surface area (Å²) in [5.41, 5.74) is 1.19. The van der Waals surface area contributed by atoms with Crippen LogP contribution in [-0.4, -0.2) is 53.8 Å². The van der Waals surface area contributed by atoms with Crippen LogP contribution in [0.5, 0.6) is 0 Å². The van der Waals surface area contributed by atoms with Gasteiger partial charge in [0.25, 0.3) is 5.91 Å². The molecule has 2 saturated heterocycles. The lowest BCUT2D eigenvalue weighted by Gasteiger charge is -2.41. The lowest BCUT2D eigenvalue weighted by molar-refractivity contribution is -0.121. The third-order valence-corrected chi connectivity index (χ3v) is 6.71. The van der Waals surface area contributed by atoms with Crippen LogP contribution in [-0.2, 0) is 4.79 Å². The number of nitrogens with zero attached hydrogens (tertiary/aromatic N) is 2. The summed E-state index contributed by atoms with van der Waals surface area (Å²) in [4.78, 5) is 29.6. The Labute approximate surface area is 187 Å². The second-order valence-corrected chi connectivity index (χ2v) is 8.72. The van der Waals surface area contributed by atoms with Crippen molar-refractivity contribution in [2.45, 2.75) is 31.7 Å². The first-order valence-electron chi connectivity index (χ1n) is 10.9. The van der Waals surface area contributed by atoms with Gasteiger partial charge in [0.05, 0.1) is 10.6 Å². The number of likely N-dealkylation sites (tertiary alicyclic amines) is 2. The summed E-state index contributed by atoms with van der Waals surface area (Å²) in [5.74, 6) is -0.333. The number of piperidine rings is 2. The number of halogens is 2. The SMILES string of the molecule is O=C(Nc1ccc(F)cc1)C1CCN(C2CCN(C(=O)c3ccccc3Cl)CC2)CC1. The predicted molar refractivity (Wildman–Crippen MR) is 120 cm³/mol. The van der Waals surface area contributed by atoms with Gasteiger partial charge in [-0.1, -0.05) is 23.7 Å². The molecule has 31 heavy (non-hydrogen) atoms. The van der Waals surface area contributed by atoms with Crippen molar-refractivity contribution in [3.05, 3.63) is 64.9 Å². The number of anilines is 1. The van der Waals surface area contributed by atoms with E-state index in [9.17, 15) is 14.0 Å². The Morgan fingerprint density at radius 2 is 1.55 bits per heavy atom. The molecule has 1 N–H and O–H groups in total. The highest BCUT2D eigenvalue weighted by Gasteiger charge is 2.32. The van der Waals surface area contributed by atoms with Crippen LogP contribution >= 0.6 is 11.6 Å². The van der Waals surface area contributed by atoms with Crippen molar-refractivity contribution in [1.29, 1.82) is 0 Å². The third-order valence-electron chi connectivity index (χ3n) is 6.38. The second-order valence-electron chi connectivity index (χ2n) is 8.31. The molecule has 7 heteroatoms. The smallest absolute Gasteiger partial charge is 0.255 e. The fraction of sp³-hybridized carbons (Fsp3) is 0.417. The number of benzene rings is 2. The second kappa shape index (κ2) is 9.79. The van der Waals surface area contributed by atoms with Crippen molar-refractivity contribution in [3.63, 3.8) is 0 Å². The number of amides is 2. The number of hydrogen-bond acceptors (Lipinski definition) is 3. The van der Waals surface area contributed by atoms with Crippen LogP contribution in [0.3, 0.4) is 0 Å². The maximum Gasteiger partial charge on any atom is 0.255 e. The van der Waals surface area contributed by atoms with Crippen molar-refractivity contribution in [2.75, 3.05) is 31.5 Å². The molecule has 2 aromatic rings. The minimum absolute atomic E-state index is 0.000206. The Morgan fingerprint density at radius 1 is 0.903 bits per heavy atom. The summed E-state index contributed by atoms with van der Waals surface area (Å²) in [6.45, 7) is 3.20. The van der Waals surface area contributed by atoms with Crippen LogP contribution < -0.4 is 5.32 Å². The van der Waals surface area contributed by atoms with Gasteiger partial charge in [0.1, 0.15) is 5.82 Å². The van der Waals surface area contributed by atoms with Crippen LogP contribution in [0.4, 0.5) is 10.1 Å². The van der Waals surface area contributed by atoms with Crippen molar-refractivity contribution >= 4 is 29.1 Å². The highest BCUT2D eigenvalue weighted by atomic mass is 35.5. The number of hydrogen-bond donors (Lipinski definition) is 1. The van der Waals surface area contributed by atoms with Crippen LogP contribution in [0, 0.1) is 11.7 Å². The van der Waals surface area contributed by atoms with E-state index >= 15 is 0 Å². The average molecular weight is 444 g/mol. The normalized spacial score (nSPS) is 18.7. The Hall–Kier alpha value is -2.44. The summed E-state index contributed by atoms with van der Waals surface area (Å²) >= 11 is 6.18. The fourth-order valence-corrected chi connectivity index (χ4v) is 4.76. The molecule has 2 aliphatic heterocycles. The van der Waals surface area contributed by atoms with E-state index in [0.717, 1.165) is 51.9 Å². The third kappa shape index (κ3) is 5.25. The standard InChI is InChI=1S/C24H27ClFN3O2/c25-22-4-2-1-3-21(22)24(31)29-15-11-20(12-16-29)28-13-9-17(10-14-28)23(30)27-19-7-5-18(26)6-8-19/h1-8,17,20H,9-16H2,(H,27,30). The van der Waals surface area contributed by atoms with Gasteiger partial charge in [0.15, 0.2) is 0 Å². The van der Waals surface area contributed by atoms with Crippen molar-refractivity contribution in [2.24, 2.45) is 5.92 Å². The molecule has 5 nitrogen and oxygen atoms in total. The van der Waals surface area contributed by atoms with Gasteiger partial charge in [-0.3, -0.25) is 9.59 Å². The molecular formula is C24H27ClFN3O2. The van der Waals surface area contributed by atoms with Crippen LogP contribution in [0.1, 0.15) is 36.0 Å². The zero-order valence-electron chi connectivity index (χ0n) is 17.4. The summed E-state index contributed by atoms with van der Waals surface area (Å²) in [5, 5.41) is 3.39. The van der Waals surface area contributed by atoms with E-state index < -0.39 is 0 Å². The molecule has 2 amide bonds. The average Bonchev–Trinajstić information content (AvgIpc) is 2.81. The zero-order chi connectivity index (χ0) is 21.8. The van der Waals surface area contributed by atoms with E-state index in [1.54, 1.807) is 24.3 Å². The molecule has 164 valence electrons. The molecule has 0 unspecified atom stereocenters. The summed E-state index contributed by atoms with van der Waals surface area (Å²) < 4.78 is 13.0.